The third-order valence-corrected chi connectivity index (χ3v) is 3.10. The van der Waals surface area contributed by atoms with Gasteiger partial charge in [0.2, 0.25) is 0 Å². The first-order valence-electron chi connectivity index (χ1n) is 5.64. The Bertz CT molecular complexity index is 426. The molecule has 0 bridgehead atoms. The van der Waals surface area contributed by atoms with E-state index in [2.05, 4.69) is 16.8 Å². The Morgan fingerprint density at radius 1 is 1.29 bits per heavy atom. The van der Waals surface area contributed by atoms with Gasteiger partial charge in [0.1, 0.15) is 0 Å². The Kier molecular flexibility index (Phi) is 3.19. The topological polar surface area (TPSA) is 69.8 Å². The second-order valence-electron chi connectivity index (χ2n) is 4.37. The van der Waals surface area contributed by atoms with Crippen LogP contribution in [0, 0.1) is 0 Å². The van der Waals surface area contributed by atoms with Crippen LogP contribution >= 0.6 is 0 Å². The van der Waals surface area contributed by atoms with Gasteiger partial charge in [0.25, 0.3) is 0 Å². The van der Waals surface area contributed by atoms with Gasteiger partial charge in [0, 0.05) is 31.9 Å². The zero-order chi connectivity index (χ0) is 12.4. The number of hydrogen-bond acceptors (Lipinski definition) is 4. The van der Waals surface area contributed by atoms with Gasteiger partial charge in [0.15, 0.2) is 0 Å². The lowest BCUT2D eigenvalue weighted by atomic mass is 10.1. The molecule has 1 saturated heterocycles. The van der Waals surface area contributed by atoms with Crippen LogP contribution < -0.4 is 10.6 Å². The Balaban J connectivity index is 2.30. The first kappa shape index (κ1) is 11.7. The molecule has 0 unspecified atom stereocenters. The highest BCUT2D eigenvalue weighted by Crippen LogP contribution is 2.24. The number of rotatable bonds is 2. The van der Waals surface area contributed by atoms with E-state index < -0.39 is 5.97 Å². The molecule has 0 spiro atoms. The molecule has 1 aliphatic heterocycles. The normalized spacial score (nSPS) is 17.1. The quantitative estimate of drug-likeness (QED) is 0.739. The zero-order valence-corrected chi connectivity index (χ0v) is 9.89. The lowest BCUT2D eigenvalue weighted by molar-refractivity contribution is 0.0697. The minimum Gasteiger partial charge on any atom is -0.478 e. The van der Waals surface area contributed by atoms with Crippen molar-refractivity contribution in [2.45, 2.75) is 0 Å². The van der Waals surface area contributed by atoms with E-state index in [1.165, 1.54) is 0 Å². The van der Waals surface area contributed by atoms with E-state index in [1.807, 2.05) is 0 Å². The number of likely N-dealkylation sites (N-methyl/N-ethyl adjacent to an activating group) is 1. The molecule has 1 heterocycles. The zero-order valence-electron chi connectivity index (χ0n) is 9.89. The number of carboxylic acid groups (broad SMARTS) is 1. The van der Waals surface area contributed by atoms with E-state index in [9.17, 15) is 4.79 Å². The van der Waals surface area contributed by atoms with Crippen LogP contribution in [0.2, 0.25) is 0 Å². The van der Waals surface area contributed by atoms with Crippen molar-refractivity contribution < 1.29 is 9.90 Å². The first-order valence-corrected chi connectivity index (χ1v) is 5.64. The standard InChI is InChI=1S/C12H17N3O2/c1-14-4-6-15(7-5-14)11-8-9(13)2-3-10(11)12(16)17/h2-3,8H,4-7,13H2,1H3,(H,16,17). The van der Waals surface area contributed by atoms with Gasteiger partial charge in [-0.25, -0.2) is 4.79 Å². The number of nitrogens with two attached hydrogens (primary N) is 1. The lowest BCUT2D eigenvalue weighted by Gasteiger charge is -2.34. The molecule has 5 nitrogen and oxygen atoms in total. The van der Waals surface area contributed by atoms with Crippen molar-refractivity contribution in [3.63, 3.8) is 0 Å². The number of piperazine rings is 1. The van der Waals surface area contributed by atoms with Crippen LogP contribution in [0.5, 0.6) is 0 Å². The summed E-state index contributed by atoms with van der Waals surface area (Å²) in [6.45, 7) is 3.54. The Hall–Kier alpha value is -1.75. The van der Waals surface area contributed by atoms with Crippen molar-refractivity contribution in [1.82, 2.24) is 4.90 Å². The summed E-state index contributed by atoms with van der Waals surface area (Å²) in [5.74, 6) is -0.904. The molecular weight excluding hydrogens is 218 g/mol. The summed E-state index contributed by atoms with van der Waals surface area (Å²) < 4.78 is 0. The molecule has 1 fully saturated rings. The van der Waals surface area contributed by atoms with Crippen LogP contribution in [0.25, 0.3) is 0 Å². The SMILES string of the molecule is CN1CCN(c2cc(N)ccc2C(=O)O)CC1. The van der Waals surface area contributed by atoms with Gasteiger partial charge in [-0.3, -0.25) is 0 Å². The van der Waals surface area contributed by atoms with Crippen LogP contribution in [0.1, 0.15) is 10.4 Å². The van der Waals surface area contributed by atoms with E-state index in [4.69, 9.17) is 10.8 Å². The van der Waals surface area contributed by atoms with Gasteiger partial charge in [-0.2, -0.15) is 0 Å². The van der Waals surface area contributed by atoms with Crippen LogP contribution in [0.15, 0.2) is 18.2 Å². The number of benzene rings is 1. The average Bonchev–Trinajstić information content (AvgIpc) is 2.29. The Morgan fingerprint density at radius 2 is 1.94 bits per heavy atom. The average molecular weight is 235 g/mol. The molecule has 3 N–H and O–H groups in total. The highest BCUT2D eigenvalue weighted by Gasteiger charge is 2.19. The summed E-state index contributed by atoms with van der Waals surface area (Å²) in [4.78, 5) is 15.5. The van der Waals surface area contributed by atoms with E-state index in [0.717, 1.165) is 31.9 Å². The van der Waals surface area contributed by atoms with Crippen molar-refractivity contribution in [3.8, 4) is 0 Å². The third kappa shape index (κ3) is 2.50. The number of nitrogen functional groups attached to an aromatic ring is 1. The minimum absolute atomic E-state index is 0.323. The minimum atomic E-state index is -0.904. The molecule has 0 atom stereocenters. The monoisotopic (exact) mass is 235 g/mol. The van der Waals surface area contributed by atoms with E-state index in [-0.39, 0.29) is 0 Å². The second-order valence-corrected chi connectivity index (χ2v) is 4.37. The van der Waals surface area contributed by atoms with Crippen molar-refractivity contribution in [3.05, 3.63) is 23.8 Å². The van der Waals surface area contributed by atoms with Crippen molar-refractivity contribution in [1.29, 1.82) is 0 Å². The fraction of sp³-hybridized carbons (Fsp3) is 0.417. The molecule has 5 heteroatoms. The molecule has 1 aliphatic rings. The van der Waals surface area contributed by atoms with Gasteiger partial charge in [0.05, 0.1) is 11.3 Å². The Labute approximate surface area is 100 Å². The van der Waals surface area contributed by atoms with Crippen LogP contribution in [-0.4, -0.2) is 49.2 Å². The highest BCUT2D eigenvalue weighted by molar-refractivity contribution is 5.95. The first-order chi connectivity index (χ1) is 8.08. The van der Waals surface area contributed by atoms with E-state index >= 15 is 0 Å². The van der Waals surface area contributed by atoms with Gasteiger partial charge in [-0.15, -0.1) is 0 Å². The molecule has 0 aliphatic carbocycles. The summed E-state index contributed by atoms with van der Waals surface area (Å²) in [6, 6.07) is 4.95. The van der Waals surface area contributed by atoms with Gasteiger partial charge < -0.3 is 20.6 Å². The summed E-state index contributed by atoms with van der Waals surface area (Å²) in [6.07, 6.45) is 0. The van der Waals surface area contributed by atoms with Crippen molar-refractivity contribution in [2.75, 3.05) is 43.9 Å². The van der Waals surface area contributed by atoms with Crippen molar-refractivity contribution >= 4 is 17.3 Å². The predicted octanol–water partition coefficient (Wildman–Crippen LogP) is 0.719. The smallest absolute Gasteiger partial charge is 0.337 e. The molecule has 0 amide bonds. The van der Waals surface area contributed by atoms with Gasteiger partial charge in [-0.1, -0.05) is 0 Å². The Morgan fingerprint density at radius 3 is 2.53 bits per heavy atom. The molecule has 0 aromatic heterocycles. The summed E-state index contributed by atoms with van der Waals surface area (Å²) >= 11 is 0. The molecule has 0 saturated carbocycles. The van der Waals surface area contributed by atoms with Gasteiger partial charge in [-0.05, 0) is 25.2 Å². The van der Waals surface area contributed by atoms with Crippen LogP contribution in [0.3, 0.4) is 0 Å². The molecule has 0 radical (unpaired) electrons. The maximum atomic E-state index is 11.2. The maximum absolute atomic E-state index is 11.2. The van der Waals surface area contributed by atoms with Crippen LogP contribution in [-0.2, 0) is 0 Å². The fourth-order valence-electron chi connectivity index (χ4n) is 2.04. The van der Waals surface area contributed by atoms with Crippen molar-refractivity contribution in [2.24, 2.45) is 0 Å². The van der Waals surface area contributed by atoms with E-state index in [1.54, 1.807) is 18.2 Å². The molecule has 1 aromatic carbocycles. The number of carboxylic acids is 1. The molecule has 2 rings (SSSR count). The number of aromatic carboxylic acids is 1. The number of anilines is 2. The summed E-state index contributed by atoms with van der Waals surface area (Å²) in [5, 5.41) is 9.16. The maximum Gasteiger partial charge on any atom is 0.337 e. The third-order valence-electron chi connectivity index (χ3n) is 3.10. The largest absolute Gasteiger partial charge is 0.478 e. The van der Waals surface area contributed by atoms with Gasteiger partial charge >= 0.3 is 5.97 Å². The van der Waals surface area contributed by atoms with Crippen LogP contribution in [0.4, 0.5) is 11.4 Å². The second kappa shape index (κ2) is 4.63. The number of carbonyl (C=O) groups is 1. The molecule has 17 heavy (non-hydrogen) atoms. The fourth-order valence-corrected chi connectivity index (χ4v) is 2.04. The molecule has 92 valence electrons. The number of hydrogen-bond donors (Lipinski definition) is 2. The summed E-state index contributed by atoms with van der Waals surface area (Å²) in [7, 11) is 2.06. The highest BCUT2D eigenvalue weighted by atomic mass is 16.4. The predicted molar refractivity (Wildman–Crippen MR) is 67.5 cm³/mol. The molecule has 1 aromatic rings. The van der Waals surface area contributed by atoms with E-state index in [0.29, 0.717) is 11.3 Å². The molecular formula is C12H17N3O2. The number of nitrogens with zero attached hydrogens (tertiary/aromatic N) is 2. The lowest BCUT2D eigenvalue weighted by Crippen LogP contribution is -2.45. The summed E-state index contributed by atoms with van der Waals surface area (Å²) in [5.41, 5.74) is 7.38.